The summed E-state index contributed by atoms with van der Waals surface area (Å²) < 4.78 is 3.79. The van der Waals surface area contributed by atoms with Crippen LogP contribution >= 0.6 is 11.5 Å². The number of nitrogens with two attached hydrogens (primary N) is 2. The third-order valence-corrected chi connectivity index (χ3v) is 2.57. The van der Waals surface area contributed by atoms with Crippen molar-refractivity contribution in [1.29, 1.82) is 0 Å². The molecule has 88 valence electrons. The van der Waals surface area contributed by atoms with E-state index in [4.69, 9.17) is 11.5 Å². The Balaban J connectivity index is 2.67. The fourth-order valence-electron chi connectivity index (χ4n) is 1.08. The first-order valence-corrected chi connectivity index (χ1v) is 5.39. The molecule has 1 aromatic heterocycles. The van der Waals surface area contributed by atoms with Crippen molar-refractivity contribution in [3.8, 4) is 0 Å². The summed E-state index contributed by atoms with van der Waals surface area (Å²) in [4.78, 5) is 22.2. The molecule has 1 rings (SSSR count). The number of primary amides is 1. The number of nitrogens with zero attached hydrogens (tertiary/aromatic N) is 1. The molecule has 0 radical (unpaired) electrons. The van der Waals surface area contributed by atoms with E-state index >= 15 is 0 Å². The maximum atomic E-state index is 11.2. The van der Waals surface area contributed by atoms with Gasteiger partial charge in [-0.2, -0.15) is 4.37 Å². The van der Waals surface area contributed by atoms with Gasteiger partial charge in [0, 0.05) is 6.54 Å². The predicted molar refractivity (Wildman–Crippen MR) is 62.2 cm³/mol. The van der Waals surface area contributed by atoms with Gasteiger partial charge in [-0.1, -0.05) is 0 Å². The quantitative estimate of drug-likeness (QED) is 0.548. The molecule has 0 unspecified atom stereocenters. The molecule has 0 saturated carbocycles. The summed E-state index contributed by atoms with van der Waals surface area (Å²) in [5.74, 6) is -0.759. The molecule has 0 saturated heterocycles. The summed E-state index contributed by atoms with van der Waals surface area (Å²) in [5, 5.41) is 5.78. The van der Waals surface area contributed by atoms with Crippen LogP contribution in [0, 0.1) is 0 Å². The highest BCUT2D eigenvalue weighted by Gasteiger charge is 2.16. The highest BCUT2D eigenvalue weighted by atomic mass is 32.1. The second-order valence-electron chi connectivity index (χ2n) is 2.94. The number of anilines is 2. The molecule has 8 heteroatoms. The number of rotatable bonds is 5. The number of amides is 2. The molecule has 0 spiro atoms. The number of aromatic nitrogens is 1. The third-order valence-electron chi connectivity index (χ3n) is 1.75. The average molecular weight is 243 g/mol. The van der Waals surface area contributed by atoms with Crippen molar-refractivity contribution >= 4 is 34.2 Å². The maximum Gasteiger partial charge on any atom is 0.255 e. The highest BCUT2D eigenvalue weighted by molar-refractivity contribution is 7.11. The van der Waals surface area contributed by atoms with E-state index in [-0.39, 0.29) is 23.8 Å². The van der Waals surface area contributed by atoms with Crippen LogP contribution in [-0.2, 0) is 4.79 Å². The zero-order valence-electron chi connectivity index (χ0n) is 8.74. The van der Waals surface area contributed by atoms with Crippen molar-refractivity contribution in [3.63, 3.8) is 0 Å². The van der Waals surface area contributed by atoms with Crippen LogP contribution in [-0.4, -0.2) is 29.3 Å². The fourth-order valence-corrected chi connectivity index (χ4v) is 1.80. The van der Waals surface area contributed by atoms with Crippen molar-refractivity contribution in [3.05, 3.63) is 5.56 Å². The largest absolute Gasteiger partial charge is 0.382 e. The molecular formula is C8H13N5O2S. The van der Waals surface area contributed by atoms with Gasteiger partial charge >= 0.3 is 0 Å². The zero-order valence-corrected chi connectivity index (χ0v) is 9.56. The number of carbonyl (C=O) groups excluding carboxylic acids is 2. The molecule has 0 aliphatic heterocycles. The van der Waals surface area contributed by atoms with Gasteiger partial charge in [0.25, 0.3) is 5.91 Å². The van der Waals surface area contributed by atoms with E-state index < -0.39 is 5.91 Å². The van der Waals surface area contributed by atoms with Crippen LogP contribution in [0.3, 0.4) is 0 Å². The Morgan fingerprint density at radius 2 is 2.19 bits per heavy atom. The Morgan fingerprint density at radius 1 is 1.50 bits per heavy atom. The summed E-state index contributed by atoms with van der Waals surface area (Å²) >= 11 is 0.998. The Bertz CT molecular complexity index is 403. The molecule has 1 heterocycles. The van der Waals surface area contributed by atoms with Gasteiger partial charge in [0.05, 0.1) is 6.54 Å². The van der Waals surface area contributed by atoms with Crippen LogP contribution in [0.15, 0.2) is 0 Å². The Labute approximate surface area is 96.4 Å². The first-order chi connectivity index (χ1) is 7.56. The molecule has 1 aromatic rings. The predicted octanol–water partition coefficient (Wildman–Crippen LogP) is -0.628. The summed E-state index contributed by atoms with van der Waals surface area (Å²) in [6, 6.07) is 0. The van der Waals surface area contributed by atoms with Crippen molar-refractivity contribution in [2.24, 2.45) is 5.73 Å². The molecule has 0 aliphatic rings. The minimum absolute atomic E-state index is 0.0513. The van der Waals surface area contributed by atoms with Crippen LogP contribution in [0.1, 0.15) is 17.3 Å². The molecule has 16 heavy (non-hydrogen) atoms. The van der Waals surface area contributed by atoms with E-state index in [2.05, 4.69) is 15.0 Å². The number of nitrogen functional groups attached to an aromatic ring is 1. The van der Waals surface area contributed by atoms with Gasteiger partial charge in [0.1, 0.15) is 10.6 Å². The van der Waals surface area contributed by atoms with Crippen LogP contribution in [0.4, 0.5) is 10.8 Å². The van der Waals surface area contributed by atoms with E-state index in [1.54, 1.807) is 0 Å². The van der Waals surface area contributed by atoms with E-state index in [1.807, 2.05) is 6.92 Å². The second kappa shape index (κ2) is 5.31. The van der Waals surface area contributed by atoms with Gasteiger partial charge in [-0.05, 0) is 18.5 Å². The molecule has 6 N–H and O–H groups in total. The topological polar surface area (TPSA) is 123 Å². The van der Waals surface area contributed by atoms with E-state index in [1.165, 1.54) is 0 Å². The number of hydrogen-bond acceptors (Lipinski definition) is 6. The van der Waals surface area contributed by atoms with Crippen molar-refractivity contribution in [1.82, 2.24) is 9.69 Å². The van der Waals surface area contributed by atoms with E-state index in [9.17, 15) is 9.59 Å². The molecular weight excluding hydrogens is 230 g/mol. The number of carbonyl (C=O) groups is 2. The summed E-state index contributed by atoms with van der Waals surface area (Å²) in [7, 11) is 0. The summed E-state index contributed by atoms with van der Waals surface area (Å²) in [6.45, 7) is 2.42. The Morgan fingerprint density at radius 3 is 2.75 bits per heavy atom. The third kappa shape index (κ3) is 2.83. The van der Waals surface area contributed by atoms with Gasteiger partial charge in [0.15, 0.2) is 5.82 Å². The fraction of sp³-hybridized carbons (Fsp3) is 0.375. The van der Waals surface area contributed by atoms with Crippen molar-refractivity contribution in [2.75, 3.05) is 24.1 Å². The van der Waals surface area contributed by atoms with Gasteiger partial charge in [0.2, 0.25) is 5.91 Å². The molecule has 0 bridgehead atoms. The molecule has 0 aromatic carbocycles. The first kappa shape index (κ1) is 12.2. The van der Waals surface area contributed by atoms with Crippen molar-refractivity contribution in [2.45, 2.75) is 6.92 Å². The Kier molecular flexibility index (Phi) is 4.06. The summed E-state index contributed by atoms with van der Waals surface area (Å²) in [5.41, 5.74) is 10.7. The van der Waals surface area contributed by atoms with E-state index in [0.717, 1.165) is 11.5 Å². The van der Waals surface area contributed by atoms with Crippen LogP contribution in [0.5, 0.6) is 0 Å². The highest BCUT2D eigenvalue weighted by Crippen LogP contribution is 2.25. The smallest absolute Gasteiger partial charge is 0.255 e. The lowest BCUT2D eigenvalue weighted by Crippen LogP contribution is -2.29. The lowest BCUT2D eigenvalue weighted by atomic mass is 10.3. The normalized spacial score (nSPS) is 9.81. The molecule has 2 amide bonds. The molecule has 7 nitrogen and oxygen atoms in total. The second-order valence-corrected chi connectivity index (χ2v) is 3.72. The minimum Gasteiger partial charge on any atom is -0.382 e. The number of nitrogens with one attached hydrogen (secondary N) is 2. The molecule has 0 fully saturated rings. The van der Waals surface area contributed by atoms with Crippen LogP contribution in [0.2, 0.25) is 0 Å². The van der Waals surface area contributed by atoms with Gasteiger partial charge in [-0.15, -0.1) is 0 Å². The first-order valence-electron chi connectivity index (χ1n) is 4.61. The molecule has 0 aliphatic carbocycles. The standard InChI is InChI=1S/C8H13N5O2S/c1-2-11-4(14)3-12-8-5(7(10)15)6(9)13-16-8/h12H,2-3H2,1H3,(H2,9,13)(H2,10,15)(H,11,14). The van der Waals surface area contributed by atoms with Crippen molar-refractivity contribution < 1.29 is 9.59 Å². The monoisotopic (exact) mass is 243 g/mol. The number of hydrogen-bond donors (Lipinski definition) is 4. The Hall–Kier alpha value is -1.83. The number of likely N-dealkylation sites (N-methyl/N-ethyl adjacent to an activating group) is 1. The molecule has 0 atom stereocenters. The summed E-state index contributed by atoms with van der Waals surface area (Å²) in [6.07, 6.45) is 0. The van der Waals surface area contributed by atoms with Gasteiger partial charge in [-0.3, -0.25) is 9.59 Å². The average Bonchev–Trinajstić information content (AvgIpc) is 2.57. The van der Waals surface area contributed by atoms with Crippen LogP contribution in [0.25, 0.3) is 0 Å². The SMILES string of the molecule is CCNC(=O)CNc1snc(N)c1C(N)=O. The van der Waals surface area contributed by atoms with E-state index in [0.29, 0.717) is 11.5 Å². The lowest BCUT2D eigenvalue weighted by Gasteiger charge is -2.04. The van der Waals surface area contributed by atoms with Gasteiger partial charge < -0.3 is 22.1 Å². The minimum atomic E-state index is -0.662. The maximum absolute atomic E-state index is 11.2. The lowest BCUT2D eigenvalue weighted by molar-refractivity contribution is -0.119. The van der Waals surface area contributed by atoms with Gasteiger partial charge in [-0.25, -0.2) is 0 Å². The van der Waals surface area contributed by atoms with Crippen LogP contribution < -0.4 is 22.1 Å². The zero-order chi connectivity index (χ0) is 12.1.